The number of nitrogens with one attached hydrogen (secondary N) is 3. The summed E-state index contributed by atoms with van der Waals surface area (Å²) in [7, 11) is 1.88. The summed E-state index contributed by atoms with van der Waals surface area (Å²) in [5.41, 5.74) is 4.36. The van der Waals surface area contributed by atoms with Gasteiger partial charge in [-0.1, -0.05) is 12.0 Å². The lowest BCUT2D eigenvalue weighted by Crippen LogP contribution is -3.19. The number of nitrogens with zero attached hydrogens (tertiary/aromatic N) is 1. The molecule has 4 fully saturated rings. The first-order valence-electron chi connectivity index (χ1n) is 14.6. The van der Waals surface area contributed by atoms with Crippen LogP contribution in [0.15, 0.2) is 16.1 Å². The first-order valence-corrected chi connectivity index (χ1v) is 14.6. The van der Waals surface area contributed by atoms with Crippen molar-refractivity contribution in [3.63, 3.8) is 0 Å². The molecular formula is C28H45N5O5. The number of likely N-dealkylation sites (tertiary alicyclic amines) is 1. The number of carbonyl (C=O) groups excluding carboxylic acids is 2. The molecule has 7 atom stereocenters. The molecule has 0 aromatic heterocycles. The average Bonchev–Trinajstić information content (AvgIpc) is 3.25. The Morgan fingerprint density at radius 2 is 2.00 bits per heavy atom. The zero-order chi connectivity index (χ0) is 27.1. The Labute approximate surface area is 225 Å². The zero-order valence-electron chi connectivity index (χ0n) is 22.7. The van der Waals surface area contributed by atoms with E-state index in [4.69, 9.17) is 5.73 Å². The number of aliphatic imine (C=N–C) groups is 1. The number of hydrogen-bond acceptors (Lipinski definition) is 8. The summed E-state index contributed by atoms with van der Waals surface area (Å²) in [4.78, 5) is 31.9. The molecule has 7 N–H and O–H groups in total. The van der Waals surface area contributed by atoms with Crippen molar-refractivity contribution in [3.05, 3.63) is 11.1 Å². The van der Waals surface area contributed by atoms with E-state index in [1.165, 1.54) is 0 Å². The lowest BCUT2D eigenvalue weighted by atomic mass is 9.44. The number of aliphatic hydroxyl groups is 2. The number of carboxylic acid groups (broad SMARTS) is 1. The van der Waals surface area contributed by atoms with Gasteiger partial charge in [-0.05, 0) is 69.9 Å². The molecule has 38 heavy (non-hydrogen) atoms. The number of hydrogen-bond donors (Lipinski definition) is 6. The Hall–Kier alpha value is -1.85. The molecule has 5 rings (SSSR count). The summed E-state index contributed by atoms with van der Waals surface area (Å²) in [6.45, 7) is 4.11. The standard InChI is InChI=1S/C28H45N5O5/c1-30-9-10-32-25(29)33-12-8-20(15-31-11-13-34)27(17-33)19-7-6-18-4-2-3-5-22(35)28(38)16-26(18,27)21(14-19)23(28)24(36)37/h18-20,30-31,34,38H,2-17H2,1H3,(H2,29,32)(H,36,37)/t18-,19-,20+,26+,27-,28-/m1/s1. The molecule has 4 aliphatic carbocycles. The number of aliphatic carboxylic acids is 1. The minimum Gasteiger partial charge on any atom is -0.545 e. The quantitative estimate of drug-likeness (QED) is 0.116. The van der Waals surface area contributed by atoms with Crippen molar-refractivity contribution >= 4 is 17.7 Å². The number of nitrogens with two attached hydrogens (primary N) is 1. The fourth-order valence-corrected chi connectivity index (χ4v) is 9.63. The van der Waals surface area contributed by atoms with E-state index in [0.29, 0.717) is 45.0 Å². The van der Waals surface area contributed by atoms with Gasteiger partial charge < -0.3 is 36.5 Å². The highest BCUT2D eigenvalue weighted by atomic mass is 16.4. The Morgan fingerprint density at radius 1 is 1.21 bits per heavy atom. The van der Waals surface area contributed by atoms with Crippen molar-refractivity contribution in [1.29, 1.82) is 0 Å². The van der Waals surface area contributed by atoms with Gasteiger partial charge >= 0.3 is 0 Å². The molecule has 1 heterocycles. The van der Waals surface area contributed by atoms with Crippen LogP contribution in [-0.4, -0.2) is 86.4 Å². The van der Waals surface area contributed by atoms with Gasteiger partial charge in [0.1, 0.15) is 0 Å². The SMILES string of the molecule is CNCCN=C(N)[NH+]1CC[C@@H](CNCCO)[C@@]2(C1)[C@@H]1CC[C@H]3CCCCC(=O)[C@]4(O)C[C@@]32C(=C4C(=O)[O-])C1. The minimum atomic E-state index is -1.99. The Balaban J connectivity index is 1.67. The first-order chi connectivity index (χ1) is 18.3. The second kappa shape index (κ2) is 10.6. The molecule has 0 amide bonds. The first kappa shape index (κ1) is 27.7. The van der Waals surface area contributed by atoms with Gasteiger partial charge in [-0.3, -0.25) is 9.69 Å². The fraction of sp³-hybridized carbons (Fsp3) is 0.821. The highest BCUT2D eigenvalue weighted by Crippen LogP contribution is 2.77. The van der Waals surface area contributed by atoms with E-state index < -0.39 is 17.0 Å². The molecule has 2 spiro atoms. The number of Topliss-reactive ketones (excluding diaryl/α,β-unsaturated/α-hetero) is 1. The van der Waals surface area contributed by atoms with E-state index in [2.05, 4.69) is 15.6 Å². The molecule has 212 valence electrons. The van der Waals surface area contributed by atoms with Crippen molar-refractivity contribution in [2.24, 2.45) is 39.3 Å². The van der Waals surface area contributed by atoms with Crippen LogP contribution in [0.4, 0.5) is 0 Å². The molecule has 1 unspecified atom stereocenters. The largest absolute Gasteiger partial charge is 0.545 e. The number of carbonyl (C=O) groups is 2. The van der Waals surface area contributed by atoms with Crippen LogP contribution in [-0.2, 0) is 9.59 Å². The van der Waals surface area contributed by atoms with E-state index in [9.17, 15) is 24.9 Å². The Morgan fingerprint density at radius 3 is 2.74 bits per heavy atom. The summed E-state index contributed by atoms with van der Waals surface area (Å²) in [6, 6.07) is 0. The lowest BCUT2D eigenvalue weighted by molar-refractivity contribution is -0.828. The second-order valence-electron chi connectivity index (χ2n) is 12.3. The molecule has 0 radical (unpaired) electrons. The number of ketones is 1. The third-order valence-corrected chi connectivity index (χ3v) is 10.9. The fourth-order valence-electron chi connectivity index (χ4n) is 9.63. The molecule has 3 bridgehead atoms. The number of aliphatic hydroxyl groups excluding tert-OH is 1. The van der Waals surface area contributed by atoms with Crippen LogP contribution >= 0.6 is 0 Å². The van der Waals surface area contributed by atoms with Gasteiger partial charge in [0.25, 0.3) is 5.96 Å². The van der Waals surface area contributed by atoms with Crippen molar-refractivity contribution in [2.75, 3.05) is 52.9 Å². The van der Waals surface area contributed by atoms with E-state index in [0.717, 1.165) is 55.7 Å². The molecule has 1 saturated heterocycles. The van der Waals surface area contributed by atoms with Crippen LogP contribution in [0.5, 0.6) is 0 Å². The number of piperidine rings is 1. The van der Waals surface area contributed by atoms with Crippen molar-refractivity contribution in [1.82, 2.24) is 10.6 Å². The third-order valence-electron chi connectivity index (χ3n) is 10.9. The molecule has 5 aliphatic rings. The zero-order valence-corrected chi connectivity index (χ0v) is 22.7. The third kappa shape index (κ3) is 3.98. The number of fused-ring (bicyclic) bond motifs is 1. The van der Waals surface area contributed by atoms with Crippen LogP contribution in [0, 0.1) is 28.6 Å². The van der Waals surface area contributed by atoms with Crippen LogP contribution < -0.4 is 26.4 Å². The van der Waals surface area contributed by atoms with Crippen LogP contribution in [0.3, 0.4) is 0 Å². The van der Waals surface area contributed by atoms with Crippen LogP contribution in [0.2, 0.25) is 0 Å². The number of guanidine groups is 1. The summed E-state index contributed by atoms with van der Waals surface area (Å²) >= 11 is 0. The van der Waals surface area contributed by atoms with Crippen LogP contribution in [0.1, 0.15) is 57.8 Å². The van der Waals surface area contributed by atoms with Gasteiger partial charge in [0.05, 0.1) is 32.2 Å². The molecule has 10 nitrogen and oxygen atoms in total. The Bertz CT molecular complexity index is 1020. The Kier molecular flexibility index (Phi) is 7.74. The van der Waals surface area contributed by atoms with Crippen LogP contribution in [0.25, 0.3) is 0 Å². The normalized spacial score (nSPS) is 40.8. The summed E-state index contributed by atoms with van der Waals surface area (Å²) in [5.74, 6) is -0.530. The molecular weight excluding hydrogens is 486 g/mol. The van der Waals surface area contributed by atoms with E-state index in [-0.39, 0.29) is 54.0 Å². The van der Waals surface area contributed by atoms with E-state index in [1.807, 2.05) is 7.05 Å². The average molecular weight is 532 g/mol. The maximum absolute atomic E-state index is 13.5. The van der Waals surface area contributed by atoms with Gasteiger partial charge in [0, 0.05) is 42.3 Å². The summed E-state index contributed by atoms with van der Waals surface area (Å²) < 4.78 is 0. The summed E-state index contributed by atoms with van der Waals surface area (Å²) in [5, 5.41) is 40.7. The smallest absolute Gasteiger partial charge is 0.293 e. The number of likely N-dealkylation sites (N-methyl/N-ethyl adjacent to an activating group) is 1. The summed E-state index contributed by atoms with van der Waals surface area (Å²) in [6.07, 6.45) is 6.31. The number of carboxylic acids is 1. The minimum absolute atomic E-state index is 0.0492. The van der Waals surface area contributed by atoms with Crippen molar-refractivity contribution in [2.45, 2.75) is 63.4 Å². The second-order valence-corrected chi connectivity index (χ2v) is 12.3. The molecule has 0 aromatic carbocycles. The van der Waals surface area contributed by atoms with Crippen molar-refractivity contribution < 1.29 is 29.8 Å². The van der Waals surface area contributed by atoms with Crippen molar-refractivity contribution in [3.8, 4) is 0 Å². The van der Waals surface area contributed by atoms with Gasteiger partial charge in [-0.2, -0.15) is 0 Å². The highest BCUT2D eigenvalue weighted by molar-refractivity contribution is 6.03. The van der Waals surface area contributed by atoms with E-state index >= 15 is 0 Å². The maximum Gasteiger partial charge on any atom is 0.293 e. The van der Waals surface area contributed by atoms with E-state index in [1.54, 1.807) is 0 Å². The predicted molar refractivity (Wildman–Crippen MR) is 140 cm³/mol. The lowest BCUT2D eigenvalue weighted by Gasteiger charge is -2.61. The molecule has 1 aliphatic heterocycles. The number of allylic oxidation sites excluding steroid dienone is 1. The number of quaternary nitrogens is 1. The highest BCUT2D eigenvalue weighted by Gasteiger charge is 2.77. The van der Waals surface area contributed by atoms with Gasteiger partial charge in [-0.15, -0.1) is 0 Å². The monoisotopic (exact) mass is 531 g/mol. The maximum atomic E-state index is 13.5. The van der Waals surface area contributed by atoms with Gasteiger partial charge in [0.15, 0.2) is 11.4 Å². The predicted octanol–water partition coefficient (Wildman–Crippen LogP) is -2.27. The van der Waals surface area contributed by atoms with Gasteiger partial charge in [-0.25, -0.2) is 4.99 Å². The molecule has 3 saturated carbocycles. The number of rotatable bonds is 8. The molecule has 0 aromatic rings. The topological polar surface area (TPSA) is 165 Å². The molecule has 10 heteroatoms. The van der Waals surface area contributed by atoms with Gasteiger partial charge in [0.2, 0.25) is 0 Å².